The van der Waals surface area contributed by atoms with E-state index in [2.05, 4.69) is 27.9 Å². The van der Waals surface area contributed by atoms with Crippen molar-refractivity contribution in [1.82, 2.24) is 14.8 Å². The fourth-order valence-corrected chi connectivity index (χ4v) is 3.20. The Morgan fingerprint density at radius 2 is 1.64 bits per heavy atom. The summed E-state index contributed by atoms with van der Waals surface area (Å²) in [6, 6.07) is 3.95. The number of piperazine rings is 1. The molecule has 5 heteroatoms. The second kappa shape index (κ2) is 7.09. The monoisotopic (exact) mass is 302 g/mol. The van der Waals surface area contributed by atoms with E-state index in [1.165, 1.54) is 25.7 Å². The molecule has 0 radical (unpaired) electrons. The zero-order chi connectivity index (χ0) is 15.4. The van der Waals surface area contributed by atoms with Crippen LogP contribution in [0.3, 0.4) is 0 Å². The maximum absolute atomic E-state index is 12.5. The highest BCUT2D eigenvalue weighted by molar-refractivity contribution is 5.92. The van der Waals surface area contributed by atoms with Gasteiger partial charge in [-0.25, -0.2) is 4.98 Å². The SMILES string of the molecule is CN1CCN(C(=O)c2ccc(N3CCCCCC3)cn2)CC1. The zero-order valence-electron chi connectivity index (χ0n) is 13.5. The molecule has 0 aromatic carbocycles. The molecule has 0 saturated carbocycles. The maximum atomic E-state index is 12.5. The van der Waals surface area contributed by atoms with Crippen molar-refractivity contribution in [2.45, 2.75) is 25.7 Å². The number of carbonyl (C=O) groups excluding carboxylic acids is 1. The molecule has 0 unspecified atom stereocenters. The van der Waals surface area contributed by atoms with Crippen LogP contribution < -0.4 is 4.90 Å². The van der Waals surface area contributed by atoms with Gasteiger partial charge in [-0.15, -0.1) is 0 Å². The van der Waals surface area contributed by atoms with Crippen LogP contribution >= 0.6 is 0 Å². The molecule has 0 atom stereocenters. The van der Waals surface area contributed by atoms with E-state index in [1.54, 1.807) is 0 Å². The van der Waals surface area contributed by atoms with Gasteiger partial charge in [-0.1, -0.05) is 12.8 Å². The quantitative estimate of drug-likeness (QED) is 0.836. The summed E-state index contributed by atoms with van der Waals surface area (Å²) in [6.07, 6.45) is 7.02. The Balaban J connectivity index is 1.64. The number of aromatic nitrogens is 1. The molecule has 2 saturated heterocycles. The first-order valence-corrected chi connectivity index (χ1v) is 8.43. The van der Waals surface area contributed by atoms with Crippen molar-refractivity contribution in [2.24, 2.45) is 0 Å². The molecule has 2 aliphatic heterocycles. The van der Waals surface area contributed by atoms with E-state index in [4.69, 9.17) is 0 Å². The summed E-state index contributed by atoms with van der Waals surface area (Å²) in [5.74, 6) is 0.0653. The summed E-state index contributed by atoms with van der Waals surface area (Å²) in [7, 11) is 2.09. The molecule has 120 valence electrons. The molecule has 0 spiro atoms. The third-order valence-corrected chi connectivity index (χ3v) is 4.73. The number of rotatable bonds is 2. The van der Waals surface area contributed by atoms with E-state index in [0.29, 0.717) is 5.69 Å². The summed E-state index contributed by atoms with van der Waals surface area (Å²) >= 11 is 0. The average molecular weight is 302 g/mol. The summed E-state index contributed by atoms with van der Waals surface area (Å²) in [5, 5.41) is 0. The van der Waals surface area contributed by atoms with E-state index in [-0.39, 0.29) is 5.91 Å². The Kier molecular flexibility index (Phi) is 4.93. The molecular formula is C17H26N4O. The van der Waals surface area contributed by atoms with Crippen LogP contribution in [-0.2, 0) is 0 Å². The summed E-state index contributed by atoms with van der Waals surface area (Å²) < 4.78 is 0. The largest absolute Gasteiger partial charge is 0.370 e. The molecule has 22 heavy (non-hydrogen) atoms. The lowest BCUT2D eigenvalue weighted by atomic mass is 10.2. The van der Waals surface area contributed by atoms with Crippen LogP contribution in [0.1, 0.15) is 36.2 Å². The van der Waals surface area contributed by atoms with Crippen molar-refractivity contribution in [2.75, 3.05) is 51.2 Å². The third-order valence-electron chi connectivity index (χ3n) is 4.73. The van der Waals surface area contributed by atoms with Gasteiger partial charge in [0, 0.05) is 39.3 Å². The standard InChI is InChI=1S/C17H26N4O/c1-19-10-12-21(13-11-19)17(22)16-7-6-15(14-18-16)20-8-4-2-3-5-9-20/h6-7,14H,2-5,8-13H2,1H3. The van der Waals surface area contributed by atoms with E-state index >= 15 is 0 Å². The normalized spacial score (nSPS) is 20.8. The Labute approximate surface area is 132 Å². The molecule has 0 N–H and O–H groups in total. The van der Waals surface area contributed by atoms with Gasteiger partial charge in [0.25, 0.3) is 5.91 Å². The molecule has 3 rings (SSSR count). The van der Waals surface area contributed by atoms with Crippen molar-refractivity contribution in [3.8, 4) is 0 Å². The van der Waals surface area contributed by atoms with Gasteiger partial charge in [0.15, 0.2) is 0 Å². The van der Waals surface area contributed by atoms with Crippen molar-refractivity contribution >= 4 is 11.6 Å². The van der Waals surface area contributed by atoms with Crippen LogP contribution in [0, 0.1) is 0 Å². The lowest BCUT2D eigenvalue weighted by Gasteiger charge is -2.32. The minimum absolute atomic E-state index is 0.0653. The van der Waals surface area contributed by atoms with E-state index in [1.807, 2.05) is 17.2 Å². The van der Waals surface area contributed by atoms with Crippen molar-refractivity contribution < 1.29 is 4.79 Å². The summed E-state index contributed by atoms with van der Waals surface area (Å²) in [5.41, 5.74) is 1.72. The molecule has 2 fully saturated rings. The maximum Gasteiger partial charge on any atom is 0.272 e. The number of anilines is 1. The van der Waals surface area contributed by atoms with Gasteiger partial charge in [-0.05, 0) is 32.0 Å². The molecule has 1 aromatic heterocycles. The van der Waals surface area contributed by atoms with Crippen LogP contribution in [0.25, 0.3) is 0 Å². The number of amides is 1. The molecule has 2 aliphatic rings. The first-order valence-electron chi connectivity index (χ1n) is 8.43. The van der Waals surface area contributed by atoms with Crippen LogP contribution in [-0.4, -0.2) is 67.0 Å². The molecule has 1 aromatic rings. The second-order valence-electron chi connectivity index (χ2n) is 6.40. The molecular weight excluding hydrogens is 276 g/mol. The molecule has 1 amide bonds. The average Bonchev–Trinajstić information content (AvgIpc) is 2.84. The Morgan fingerprint density at radius 3 is 2.23 bits per heavy atom. The number of nitrogens with zero attached hydrogens (tertiary/aromatic N) is 4. The minimum Gasteiger partial charge on any atom is -0.370 e. The van der Waals surface area contributed by atoms with Gasteiger partial charge in [-0.3, -0.25) is 4.79 Å². The molecule has 0 bridgehead atoms. The van der Waals surface area contributed by atoms with Gasteiger partial charge in [-0.2, -0.15) is 0 Å². The highest BCUT2D eigenvalue weighted by Crippen LogP contribution is 2.19. The lowest BCUT2D eigenvalue weighted by molar-refractivity contribution is 0.0658. The first-order chi connectivity index (χ1) is 10.7. The fourth-order valence-electron chi connectivity index (χ4n) is 3.20. The topological polar surface area (TPSA) is 39.7 Å². The number of carbonyl (C=O) groups is 1. The highest BCUT2D eigenvalue weighted by Gasteiger charge is 2.21. The van der Waals surface area contributed by atoms with E-state index in [9.17, 15) is 4.79 Å². The molecule has 0 aliphatic carbocycles. The lowest BCUT2D eigenvalue weighted by Crippen LogP contribution is -2.47. The minimum atomic E-state index is 0.0653. The smallest absolute Gasteiger partial charge is 0.272 e. The summed E-state index contributed by atoms with van der Waals surface area (Å²) in [4.78, 5) is 23.5. The van der Waals surface area contributed by atoms with Crippen molar-refractivity contribution in [3.63, 3.8) is 0 Å². The van der Waals surface area contributed by atoms with Gasteiger partial charge < -0.3 is 14.7 Å². The number of likely N-dealkylation sites (N-methyl/N-ethyl adjacent to an activating group) is 1. The number of hydrogen-bond donors (Lipinski definition) is 0. The van der Waals surface area contributed by atoms with Crippen LogP contribution in [0.4, 0.5) is 5.69 Å². The molecule has 3 heterocycles. The predicted molar refractivity (Wildman–Crippen MR) is 88.3 cm³/mol. The fraction of sp³-hybridized carbons (Fsp3) is 0.647. The van der Waals surface area contributed by atoms with E-state index in [0.717, 1.165) is 45.0 Å². The van der Waals surface area contributed by atoms with Gasteiger partial charge in [0.2, 0.25) is 0 Å². The summed E-state index contributed by atoms with van der Waals surface area (Å²) in [6.45, 7) is 5.69. The van der Waals surface area contributed by atoms with Gasteiger partial charge in [0.1, 0.15) is 5.69 Å². The Morgan fingerprint density at radius 1 is 0.955 bits per heavy atom. The predicted octanol–water partition coefficient (Wildman–Crippen LogP) is 1.85. The number of hydrogen-bond acceptors (Lipinski definition) is 4. The van der Waals surface area contributed by atoms with E-state index < -0.39 is 0 Å². The van der Waals surface area contributed by atoms with Gasteiger partial charge in [0.05, 0.1) is 11.9 Å². The van der Waals surface area contributed by atoms with Crippen LogP contribution in [0.15, 0.2) is 18.3 Å². The Bertz CT molecular complexity index is 486. The highest BCUT2D eigenvalue weighted by atomic mass is 16.2. The Hall–Kier alpha value is -1.62. The zero-order valence-corrected chi connectivity index (χ0v) is 13.5. The van der Waals surface area contributed by atoms with Gasteiger partial charge >= 0.3 is 0 Å². The number of pyridine rings is 1. The third kappa shape index (κ3) is 3.58. The van der Waals surface area contributed by atoms with Crippen molar-refractivity contribution in [3.05, 3.63) is 24.0 Å². The van der Waals surface area contributed by atoms with Crippen LogP contribution in [0.2, 0.25) is 0 Å². The van der Waals surface area contributed by atoms with Crippen molar-refractivity contribution in [1.29, 1.82) is 0 Å². The first kappa shape index (κ1) is 15.3. The van der Waals surface area contributed by atoms with Crippen LogP contribution in [0.5, 0.6) is 0 Å². The second-order valence-corrected chi connectivity index (χ2v) is 6.40. The molecule has 5 nitrogen and oxygen atoms in total.